The Morgan fingerprint density at radius 1 is 1.00 bits per heavy atom. The molecule has 1 aromatic carbocycles. The van der Waals surface area contributed by atoms with Crippen LogP contribution in [0.2, 0.25) is 0 Å². The summed E-state index contributed by atoms with van der Waals surface area (Å²) in [6.07, 6.45) is 0. The lowest BCUT2D eigenvalue weighted by atomic mass is 9.91. The molecule has 0 aliphatic heterocycles. The summed E-state index contributed by atoms with van der Waals surface area (Å²) in [7, 11) is 0. The van der Waals surface area contributed by atoms with Gasteiger partial charge >= 0.3 is 0 Å². The molecule has 0 aliphatic rings. The molecular formula is C10H9F5O. The Morgan fingerprint density at radius 3 is 1.69 bits per heavy atom. The van der Waals surface area contributed by atoms with E-state index in [0.29, 0.717) is 26.0 Å². The molecule has 1 nitrogen and oxygen atoms in total. The average molecular weight is 240 g/mol. The summed E-state index contributed by atoms with van der Waals surface area (Å²) in [5, 5.41) is 8.74. The molecule has 0 fully saturated rings. The van der Waals surface area contributed by atoms with Gasteiger partial charge in [-0.3, -0.25) is 0 Å². The minimum absolute atomic E-state index is 0.301. The second-order valence-electron chi connectivity index (χ2n) is 3.68. The van der Waals surface area contributed by atoms with Gasteiger partial charge < -0.3 is 5.11 Å². The van der Waals surface area contributed by atoms with Crippen LogP contribution >= 0.6 is 0 Å². The SMILES string of the molecule is CC(F)(F)C(C)(F)c1cc(F)c(O)c(F)c1. The number of phenols is 1. The molecule has 1 unspecified atom stereocenters. The van der Waals surface area contributed by atoms with E-state index < -0.39 is 34.5 Å². The molecule has 90 valence electrons. The first-order chi connectivity index (χ1) is 7.07. The molecule has 6 heteroatoms. The lowest BCUT2D eigenvalue weighted by molar-refractivity contribution is -0.119. The van der Waals surface area contributed by atoms with E-state index in [2.05, 4.69) is 0 Å². The monoisotopic (exact) mass is 240 g/mol. The van der Waals surface area contributed by atoms with Gasteiger partial charge in [-0.15, -0.1) is 0 Å². The third-order valence-corrected chi connectivity index (χ3v) is 2.38. The van der Waals surface area contributed by atoms with E-state index in [4.69, 9.17) is 5.11 Å². The maximum Gasteiger partial charge on any atom is 0.282 e. The lowest BCUT2D eigenvalue weighted by Crippen LogP contribution is -2.36. The molecule has 1 rings (SSSR count). The van der Waals surface area contributed by atoms with Crippen molar-refractivity contribution in [3.05, 3.63) is 29.3 Å². The van der Waals surface area contributed by atoms with Gasteiger partial charge in [0.1, 0.15) is 0 Å². The highest BCUT2D eigenvalue weighted by Gasteiger charge is 2.48. The highest BCUT2D eigenvalue weighted by atomic mass is 19.3. The van der Waals surface area contributed by atoms with Crippen molar-refractivity contribution in [3.63, 3.8) is 0 Å². The average Bonchev–Trinajstić information content (AvgIpc) is 2.11. The molecule has 1 atom stereocenters. The zero-order chi connectivity index (χ0) is 12.7. The van der Waals surface area contributed by atoms with Crippen LogP contribution in [0.3, 0.4) is 0 Å². The molecule has 1 aromatic rings. The number of alkyl halides is 3. The van der Waals surface area contributed by atoms with Crippen LogP contribution in [-0.2, 0) is 5.67 Å². The van der Waals surface area contributed by atoms with E-state index in [-0.39, 0.29) is 0 Å². The fourth-order valence-electron chi connectivity index (χ4n) is 1.09. The third-order valence-electron chi connectivity index (χ3n) is 2.38. The first-order valence-corrected chi connectivity index (χ1v) is 4.32. The Balaban J connectivity index is 3.35. The quantitative estimate of drug-likeness (QED) is 0.784. The van der Waals surface area contributed by atoms with Crippen molar-refractivity contribution >= 4 is 0 Å². The maximum atomic E-state index is 13.7. The van der Waals surface area contributed by atoms with Gasteiger partial charge in [0.15, 0.2) is 23.1 Å². The second-order valence-corrected chi connectivity index (χ2v) is 3.68. The Bertz CT molecular complexity index is 385. The van der Waals surface area contributed by atoms with Gasteiger partial charge in [0.25, 0.3) is 5.92 Å². The molecule has 0 bridgehead atoms. The molecule has 0 spiro atoms. The summed E-state index contributed by atoms with van der Waals surface area (Å²) in [5.74, 6) is -8.09. The van der Waals surface area contributed by atoms with Crippen molar-refractivity contribution in [2.24, 2.45) is 0 Å². The summed E-state index contributed by atoms with van der Waals surface area (Å²) >= 11 is 0. The van der Waals surface area contributed by atoms with Gasteiger partial charge in [-0.05, 0) is 19.1 Å². The third kappa shape index (κ3) is 1.96. The molecule has 0 saturated carbocycles. The molecule has 16 heavy (non-hydrogen) atoms. The van der Waals surface area contributed by atoms with E-state index in [9.17, 15) is 22.0 Å². The minimum atomic E-state index is -3.80. The molecule has 0 amide bonds. The maximum absolute atomic E-state index is 13.7. The van der Waals surface area contributed by atoms with Crippen LogP contribution in [0.25, 0.3) is 0 Å². The molecule has 0 aromatic heterocycles. The Hall–Kier alpha value is -1.33. The van der Waals surface area contributed by atoms with Gasteiger partial charge in [-0.2, -0.15) is 0 Å². The van der Waals surface area contributed by atoms with Crippen LogP contribution in [0.4, 0.5) is 22.0 Å². The standard InChI is InChI=1S/C10H9F5O/c1-9(13,10(2,14)15)5-3-6(11)8(16)7(12)4-5/h3-4,16H,1-2H3. The molecule has 0 saturated heterocycles. The van der Waals surface area contributed by atoms with Crippen molar-refractivity contribution < 1.29 is 27.1 Å². The smallest absolute Gasteiger partial charge is 0.282 e. The predicted octanol–water partition coefficient (Wildman–Crippen LogP) is 3.51. The largest absolute Gasteiger partial charge is 0.503 e. The summed E-state index contributed by atoms with van der Waals surface area (Å²) in [6.45, 7) is 0.813. The number of halogens is 5. The number of hydrogen-bond donors (Lipinski definition) is 1. The van der Waals surface area contributed by atoms with E-state index in [0.717, 1.165) is 0 Å². The predicted molar refractivity (Wildman–Crippen MR) is 47.1 cm³/mol. The second kappa shape index (κ2) is 3.61. The zero-order valence-electron chi connectivity index (χ0n) is 8.49. The molecular weight excluding hydrogens is 231 g/mol. The fourth-order valence-corrected chi connectivity index (χ4v) is 1.09. The Kier molecular flexibility index (Phi) is 2.87. The summed E-state index contributed by atoms with van der Waals surface area (Å²) < 4.78 is 65.1. The van der Waals surface area contributed by atoms with Gasteiger partial charge in [0.05, 0.1) is 0 Å². The van der Waals surface area contributed by atoms with Gasteiger partial charge in [-0.25, -0.2) is 22.0 Å². The number of benzene rings is 1. The van der Waals surface area contributed by atoms with Crippen LogP contribution in [0, 0.1) is 11.6 Å². The minimum Gasteiger partial charge on any atom is -0.503 e. The molecule has 0 radical (unpaired) electrons. The van der Waals surface area contributed by atoms with Crippen molar-refractivity contribution in [1.82, 2.24) is 0 Å². The first kappa shape index (κ1) is 12.7. The van der Waals surface area contributed by atoms with Crippen molar-refractivity contribution in [2.45, 2.75) is 25.4 Å². The topological polar surface area (TPSA) is 20.2 Å². The molecule has 0 heterocycles. The van der Waals surface area contributed by atoms with Crippen LogP contribution in [0.15, 0.2) is 12.1 Å². The Morgan fingerprint density at radius 2 is 1.38 bits per heavy atom. The van der Waals surface area contributed by atoms with E-state index in [1.165, 1.54) is 0 Å². The van der Waals surface area contributed by atoms with Crippen molar-refractivity contribution in [2.75, 3.05) is 0 Å². The van der Waals surface area contributed by atoms with E-state index in [1.54, 1.807) is 0 Å². The van der Waals surface area contributed by atoms with Gasteiger partial charge in [0, 0.05) is 12.5 Å². The highest BCUT2D eigenvalue weighted by Crippen LogP contribution is 2.42. The summed E-state index contributed by atoms with van der Waals surface area (Å²) in [4.78, 5) is 0. The molecule has 0 aliphatic carbocycles. The zero-order valence-corrected chi connectivity index (χ0v) is 8.49. The highest BCUT2D eigenvalue weighted by molar-refractivity contribution is 5.34. The van der Waals surface area contributed by atoms with Crippen molar-refractivity contribution in [3.8, 4) is 5.75 Å². The normalized spacial score (nSPS) is 15.9. The van der Waals surface area contributed by atoms with Gasteiger partial charge in [0.2, 0.25) is 0 Å². The van der Waals surface area contributed by atoms with E-state index in [1.807, 2.05) is 0 Å². The van der Waals surface area contributed by atoms with Crippen LogP contribution < -0.4 is 0 Å². The van der Waals surface area contributed by atoms with Crippen molar-refractivity contribution in [1.29, 1.82) is 0 Å². The van der Waals surface area contributed by atoms with Gasteiger partial charge in [-0.1, -0.05) is 0 Å². The van der Waals surface area contributed by atoms with E-state index >= 15 is 0 Å². The lowest BCUT2D eigenvalue weighted by Gasteiger charge is -2.27. The first-order valence-electron chi connectivity index (χ1n) is 4.32. The number of aromatic hydroxyl groups is 1. The summed E-state index contributed by atoms with van der Waals surface area (Å²) in [6, 6.07) is 0.686. The van der Waals surface area contributed by atoms with Crippen LogP contribution in [0.5, 0.6) is 5.75 Å². The fraction of sp³-hybridized carbons (Fsp3) is 0.400. The number of hydrogen-bond acceptors (Lipinski definition) is 1. The summed E-state index contributed by atoms with van der Waals surface area (Å²) in [5.41, 5.74) is -4.09. The number of phenolic OH excluding ortho intramolecular Hbond substituents is 1. The molecule has 1 N–H and O–H groups in total. The van der Waals surface area contributed by atoms with Crippen LogP contribution in [0.1, 0.15) is 19.4 Å². The number of rotatable bonds is 2. The Labute approximate surface area is 88.5 Å². The van der Waals surface area contributed by atoms with Crippen LogP contribution in [-0.4, -0.2) is 11.0 Å².